The third-order valence-corrected chi connectivity index (χ3v) is 1.89. The molecule has 0 N–H and O–H groups in total. The summed E-state index contributed by atoms with van der Waals surface area (Å²) >= 11 is 0. The molecule has 1 aliphatic heterocycles. The van der Waals surface area contributed by atoms with Gasteiger partial charge in [-0.1, -0.05) is 13.8 Å². The van der Waals surface area contributed by atoms with Gasteiger partial charge < -0.3 is 9.47 Å². The van der Waals surface area contributed by atoms with Gasteiger partial charge in [0.05, 0.1) is 0 Å². The molecule has 0 amide bonds. The molecule has 1 saturated heterocycles. The molecule has 0 unspecified atom stereocenters. The maximum atomic E-state index is 10.9. The van der Waals surface area contributed by atoms with Crippen LogP contribution < -0.4 is 0 Å². The summed E-state index contributed by atoms with van der Waals surface area (Å²) in [5, 5.41) is 0. The first-order valence-corrected chi connectivity index (χ1v) is 3.75. The van der Waals surface area contributed by atoms with Crippen LogP contribution in [0.25, 0.3) is 0 Å². The number of hydrogen-bond donors (Lipinski definition) is 0. The molecular weight excluding hydrogens is 144 g/mol. The molecule has 11 heavy (non-hydrogen) atoms. The Kier molecular flexibility index (Phi) is 1.89. The lowest BCUT2D eigenvalue weighted by Gasteiger charge is -2.22. The predicted molar refractivity (Wildman–Crippen MR) is 39.6 cm³/mol. The molecule has 1 fully saturated rings. The average molecular weight is 156 g/mol. The van der Waals surface area contributed by atoms with E-state index in [1.165, 1.54) is 0 Å². The van der Waals surface area contributed by atoms with Crippen LogP contribution in [0.1, 0.15) is 26.7 Å². The molecule has 0 aliphatic carbocycles. The van der Waals surface area contributed by atoms with Crippen LogP contribution >= 0.6 is 0 Å². The predicted octanol–water partition coefficient (Wildman–Crippen LogP) is 1.59. The van der Waals surface area contributed by atoms with Crippen molar-refractivity contribution in [3.05, 3.63) is 12.3 Å². The second kappa shape index (κ2) is 2.57. The highest BCUT2D eigenvalue weighted by Crippen LogP contribution is 2.31. The molecular formula is C8H12O3. The zero-order valence-electron chi connectivity index (χ0n) is 6.85. The lowest BCUT2D eigenvalue weighted by Crippen LogP contribution is -2.27. The summed E-state index contributed by atoms with van der Waals surface area (Å²) < 4.78 is 10.2. The number of carbonyl (C=O) groups excluding carboxylic acids is 1. The van der Waals surface area contributed by atoms with Gasteiger partial charge in [0.2, 0.25) is 5.76 Å². The minimum Gasteiger partial charge on any atom is -0.445 e. The fraction of sp³-hybridized carbons (Fsp3) is 0.625. The van der Waals surface area contributed by atoms with Crippen LogP contribution in [-0.4, -0.2) is 11.8 Å². The Bertz CT molecular complexity index is 174. The van der Waals surface area contributed by atoms with Crippen molar-refractivity contribution in [2.24, 2.45) is 0 Å². The van der Waals surface area contributed by atoms with Crippen molar-refractivity contribution < 1.29 is 14.3 Å². The topological polar surface area (TPSA) is 35.5 Å². The van der Waals surface area contributed by atoms with E-state index >= 15 is 0 Å². The lowest BCUT2D eigenvalue weighted by atomic mass is 10.1. The first kappa shape index (κ1) is 8.11. The number of hydrogen-bond acceptors (Lipinski definition) is 3. The molecule has 0 radical (unpaired) electrons. The van der Waals surface area contributed by atoms with Gasteiger partial charge in [0, 0.05) is 12.8 Å². The number of rotatable bonds is 2. The van der Waals surface area contributed by atoms with E-state index in [0.717, 1.165) is 0 Å². The van der Waals surface area contributed by atoms with Gasteiger partial charge in [-0.15, -0.1) is 0 Å². The van der Waals surface area contributed by atoms with Crippen molar-refractivity contribution in [3.63, 3.8) is 0 Å². The molecule has 0 aromatic heterocycles. The Morgan fingerprint density at radius 2 is 1.91 bits per heavy atom. The first-order chi connectivity index (χ1) is 5.13. The van der Waals surface area contributed by atoms with Gasteiger partial charge in [0.15, 0.2) is 0 Å². The molecule has 0 saturated carbocycles. The zero-order chi connectivity index (χ0) is 8.48. The summed E-state index contributed by atoms with van der Waals surface area (Å²) in [6.07, 6.45) is 1.32. The lowest BCUT2D eigenvalue weighted by molar-refractivity contribution is -0.173. The van der Waals surface area contributed by atoms with Crippen molar-refractivity contribution in [1.82, 2.24) is 0 Å². The van der Waals surface area contributed by atoms with E-state index in [-0.39, 0.29) is 5.76 Å². The van der Waals surface area contributed by atoms with Gasteiger partial charge in [-0.25, -0.2) is 4.79 Å². The van der Waals surface area contributed by atoms with Crippen LogP contribution in [-0.2, 0) is 14.3 Å². The minimum atomic E-state index is -0.728. The zero-order valence-corrected chi connectivity index (χ0v) is 6.85. The van der Waals surface area contributed by atoms with E-state index < -0.39 is 11.8 Å². The fourth-order valence-corrected chi connectivity index (χ4v) is 1.05. The summed E-state index contributed by atoms with van der Waals surface area (Å²) in [4.78, 5) is 10.9. The molecule has 0 aromatic rings. The maximum Gasteiger partial charge on any atom is 0.376 e. The molecule has 3 heteroatoms. The SMILES string of the molecule is C=C1OC(CC)(CC)OC1=O. The van der Waals surface area contributed by atoms with E-state index in [1.807, 2.05) is 13.8 Å². The molecule has 0 atom stereocenters. The first-order valence-electron chi connectivity index (χ1n) is 3.75. The van der Waals surface area contributed by atoms with Crippen LogP contribution in [0.4, 0.5) is 0 Å². The number of ether oxygens (including phenoxy) is 2. The Morgan fingerprint density at radius 1 is 1.36 bits per heavy atom. The summed E-state index contributed by atoms with van der Waals surface area (Å²) in [6.45, 7) is 7.25. The maximum absolute atomic E-state index is 10.9. The van der Waals surface area contributed by atoms with Gasteiger partial charge in [-0.3, -0.25) is 0 Å². The van der Waals surface area contributed by atoms with E-state index in [0.29, 0.717) is 12.8 Å². The molecule has 1 rings (SSSR count). The molecule has 1 heterocycles. The summed E-state index contributed by atoms with van der Waals surface area (Å²) in [7, 11) is 0. The summed E-state index contributed by atoms with van der Waals surface area (Å²) in [6, 6.07) is 0. The normalized spacial score (nSPS) is 21.3. The Morgan fingerprint density at radius 3 is 2.09 bits per heavy atom. The van der Waals surface area contributed by atoms with Crippen LogP contribution in [0, 0.1) is 0 Å². The van der Waals surface area contributed by atoms with E-state index in [9.17, 15) is 4.79 Å². The van der Waals surface area contributed by atoms with Crippen LogP contribution in [0.3, 0.4) is 0 Å². The van der Waals surface area contributed by atoms with E-state index in [4.69, 9.17) is 9.47 Å². The standard InChI is InChI=1S/C8H12O3/c1-4-8(5-2)10-6(3)7(9)11-8/h3-5H2,1-2H3. The minimum absolute atomic E-state index is 0.119. The van der Waals surface area contributed by atoms with E-state index in [2.05, 4.69) is 6.58 Å². The van der Waals surface area contributed by atoms with Gasteiger partial charge >= 0.3 is 5.97 Å². The average Bonchev–Trinajstić information content (AvgIpc) is 2.29. The molecule has 3 nitrogen and oxygen atoms in total. The van der Waals surface area contributed by atoms with Gasteiger partial charge in [0.25, 0.3) is 5.79 Å². The highest BCUT2D eigenvalue weighted by Gasteiger charge is 2.41. The van der Waals surface area contributed by atoms with Gasteiger partial charge in [-0.2, -0.15) is 0 Å². The van der Waals surface area contributed by atoms with Crippen molar-refractivity contribution in [3.8, 4) is 0 Å². The van der Waals surface area contributed by atoms with E-state index in [1.54, 1.807) is 0 Å². The third kappa shape index (κ3) is 1.23. The smallest absolute Gasteiger partial charge is 0.376 e. The largest absolute Gasteiger partial charge is 0.445 e. The Hall–Kier alpha value is -0.990. The molecule has 0 aromatic carbocycles. The molecule has 62 valence electrons. The summed E-state index contributed by atoms with van der Waals surface area (Å²) in [5.41, 5.74) is 0. The second-order valence-corrected chi connectivity index (χ2v) is 2.53. The van der Waals surface area contributed by atoms with Gasteiger partial charge in [0.1, 0.15) is 0 Å². The molecule has 1 aliphatic rings. The van der Waals surface area contributed by atoms with Crippen LogP contribution in [0.2, 0.25) is 0 Å². The van der Waals surface area contributed by atoms with Crippen LogP contribution in [0.5, 0.6) is 0 Å². The fourth-order valence-electron chi connectivity index (χ4n) is 1.05. The van der Waals surface area contributed by atoms with Crippen molar-refractivity contribution in [1.29, 1.82) is 0 Å². The Balaban J connectivity index is 2.76. The Labute approximate surface area is 66.0 Å². The summed E-state index contributed by atoms with van der Waals surface area (Å²) in [5.74, 6) is -1.05. The highest BCUT2D eigenvalue weighted by molar-refractivity contribution is 5.87. The number of carbonyl (C=O) groups is 1. The third-order valence-electron chi connectivity index (χ3n) is 1.89. The van der Waals surface area contributed by atoms with Crippen molar-refractivity contribution in [2.75, 3.05) is 0 Å². The highest BCUT2D eigenvalue weighted by atomic mass is 16.8. The van der Waals surface area contributed by atoms with Crippen LogP contribution in [0.15, 0.2) is 12.3 Å². The number of cyclic esters (lactones) is 1. The van der Waals surface area contributed by atoms with Crippen molar-refractivity contribution in [2.45, 2.75) is 32.5 Å². The second-order valence-electron chi connectivity index (χ2n) is 2.53. The molecule has 0 bridgehead atoms. The monoisotopic (exact) mass is 156 g/mol. The number of esters is 1. The van der Waals surface area contributed by atoms with Crippen molar-refractivity contribution >= 4 is 5.97 Å². The quantitative estimate of drug-likeness (QED) is 0.450. The van der Waals surface area contributed by atoms with Gasteiger partial charge in [-0.05, 0) is 6.58 Å². The molecule has 0 spiro atoms.